The first-order valence-electron chi connectivity index (χ1n) is 9.85. The fourth-order valence-electron chi connectivity index (χ4n) is 3.79. The third kappa shape index (κ3) is 3.92. The van der Waals surface area contributed by atoms with E-state index in [0.29, 0.717) is 42.5 Å². The Morgan fingerprint density at radius 1 is 1.12 bits per heavy atom. The number of hydrogen-bond donors (Lipinski definition) is 2. The van der Waals surface area contributed by atoms with Crippen molar-refractivity contribution < 1.29 is 27.2 Å². The molecule has 1 aliphatic heterocycles. The summed E-state index contributed by atoms with van der Waals surface area (Å²) in [5, 5.41) is 13.2. The highest BCUT2D eigenvalue weighted by Crippen LogP contribution is 2.34. The lowest BCUT2D eigenvalue weighted by Crippen LogP contribution is -2.34. The molecule has 8 nitrogen and oxygen atoms in total. The number of nitrogens with one attached hydrogen (secondary N) is 1. The van der Waals surface area contributed by atoms with Crippen molar-refractivity contribution in [3.05, 3.63) is 77.1 Å². The van der Waals surface area contributed by atoms with Crippen LogP contribution in [0.2, 0.25) is 0 Å². The second-order valence-corrected chi connectivity index (χ2v) is 7.51. The summed E-state index contributed by atoms with van der Waals surface area (Å²) >= 11 is 0. The van der Waals surface area contributed by atoms with Gasteiger partial charge in [-0.1, -0.05) is 17.3 Å². The predicted molar refractivity (Wildman–Crippen MR) is 104 cm³/mol. The van der Waals surface area contributed by atoms with Crippen LogP contribution in [0.5, 0.6) is 0 Å². The van der Waals surface area contributed by atoms with Crippen molar-refractivity contribution in [2.24, 2.45) is 0 Å². The lowest BCUT2D eigenvalue weighted by atomic mass is 10.0. The highest BCUT2D eigenvalue weighted by Gasteiger charge is 2.34. The SMILES string of the molecule is OCc1ccc(CN2Cc3[nH]cnc3C[C@H]2c2nc(-c3ccc(C(F)(F)F)cc3)no2)o1. The molecule has 0 aliphatic carbocycles. The maximum absolute atomic E-state index is 12.8. The molecule has 4 aromatic rings. The first kappa shape index (κ1) is 20.5. The molecule has 0 radical (unpaired) electrons. The van der Waals surface area contributed by atoms with Gasteiger partial charge in [0.1, 0.15) is 18.1 Å². The molecule has 0 bridgehead atoms. The van der Waals surface area contributed by atoms with Crippen LogP contribution in [0.25, 0.3) is 11.4 Å². The molecule has 0 fully saturated rings. The zero-order valence-corrected chi connectivity index (χ0v) is 16.6. The van der Waals surface area contributed by atoms with Gasteiger partial charge in [-0.2, -0.15) is 18.2 Å². The summed E-state index contributed by atoms with van der Waals surface area (Å²) in [6.45, 7) is 0.780. The summed E-state index contributed by atoms with van der Waals surface area (Å²) < 4.78 is 49.6. The lowest BCUT2D eigenvalue weighted by Gasteiger charge is -2.31. The van der Waals surface area contributed by atoms with Gasteiger partial charge in [-0.15, -0.1) is 0 Å². The van der Waals surface area contributed by atoms with Crippen LogP contribution in [0, 0.1) is 0 Å². The average Bonchev–Trinajstić information content (AvgIpc) is 3.53. The molecular weight excluding hydrogens is 427 g/mol. The molecule has 0 spiro atoms. The number of rotatable bonds is 5. The quantitative estimate of drug-likeness (QED) is 0.481. The molecule has 166 valence electrons. The van der Waals surface area contributed by atoms with E-state index in [2.05, 4.69) is 25.0 Å². The number of aliphatic hydroxyl groups excluding tert-OH is 1. The standard InChI is InChI=1S/C21H18F3N5O3/c22-21(23,24)13-3-1-12(2-4-13)19-27-20(32-28-19)18-7-16-17(26-11-25-16)9-29(18)8-14-5-6-15(10-30)31-14/h1-6,11,18,30H,7-10H2,(H,25,26)/t18-/m0/s1. The Bertz CT molecular complexity index is 1210. The van der Waals surface area contributed by atoms with E-state index in [1.54, 1.807) is 18.5 Å². The average molecular weight is 445 g/mol. The van der Waals surface area contributed by atoms with Crippen LogP contribution in [-0.4, -0.2) is 30.1 Å². The monoisotopic (exact) mass is 445 g/mol. The number of alkyl halides is 3. The molecule has 1 aliphatic rings. The third-order valence-corrected chi connectivity index (χ3v) is 5.43. The summed E-state index contributed by atoms with van der Waals surface area (Å²) in [5.74, 6) is 1.69. The Kier molecular flexibility index (Phi) is 5.06. The molecule has 32 heavy (non-hydrogen) atoms. The number of halogens is 3. The second-order valence-electron chi connectivity index (χ2n) is 7.51. The molecule has 0 unspecified atom stereocenters. The van der Waals surface area contributed by atoms with Crippen LogP contribution in [0.4, 0.5) is 13.2 Å². The third-order valence-electron chi connectivity index (χ3n) is 5.43. The Morgan fingerprint density at radius 2 is 1.91 bits per heavy atom. The minimum Gasteiger partial charge on any atom is -0.462 e. The molecule has 11 heteroatoms. The van der Waals surface area contributed by atoms with E-state index in [9.17, 15) is 18.3 Å². The van der Waals surface area contributed by atoms with Gasteiger partial charge in [0, 0.05) is 18.5 Å². The first-order valence-corrected chi connectivity index (χ1v) is 9.85. The number of fused-ring (bicyclic) bond motifs is 1. The summed E-state index contributed by atoms with van der Waals surface area (Å²) in [5.41, 5.74) is 1.54. The lowest BCUT2D eigenvalue weighted by molar-refractivity contribution is -0.137. The molecule has 0 saturated carbocycles. The zero-order valence-electron chi connectivity index (χ0n) is 16.6. The summed E-state index contributed by atoms with van der Waals surface area (Å²) in [7, 11) is 0. The largest absolute Gasteiger partial charge is 0.462 e. The molecule has 4 heterocycles. The van der Waals surface area contributed by atoms with E-state index < -0.39 is 11.7 Å². The number of aromatic amines is 1. The summed E-state index contributed by atoms with van der Waals surface area (Å²) in [6, 6.07) is 7.83. The van der Waals surface area contributed by atoms with Gasteiger partial charge in [-0.05, 0) is 24.3 Å². The van der Waals surface area contributed by atoms with E-state index in [4.69, 9.17) is 8.94 Å². The van der Waals surface area contributed by atoms with E-state index in [0.717, 1.165) is 23.5 Å². The van der Waals surface area contributed by atoms with Gasteiger partial charge in [0.05, 0.1) is 35.9 Å². The van der Waals surface area contributed by atoms with Crippen molar-refractivity contribution in [3.8, 4) is 11.4 Å². The molecule has 1 aromatic carbocycles. The molecule has 1 atom stereocenters. The number of hydrogen-bond acceptors (Lipinski definition) is 7. The minimum atomic E-state index is -4.41. The van der Waals surface area contributed by atoms with Crippen molar-refractivity contribution in [2.75, 3.05) is 0 Å². The van der Waals surface area contributed by atoms with Gasteiger partial charge in [0.25, 0.3) is 0 Å². The van der Waals surface area contributed by atoms with Crippen LogP contribution in [0.15, 0.2) is 51.7 Å². The number of aromatic nitrogens is 4. The van der Waals surface area contributed by atoms with Gasteiger partial charge in [-0.25, -0.2) is 4.98 Å². The summed E-state index contributed by atoms with van der Waals surface area (Å²) in [4.78, 5) is 14.0. The Morgan fingerprint density at radius 3 is 2.62 bits per heavy atom. The normalized spacial score (nSPS) is 16.9. The number of aliphatic hydroxyl groups is 1. The molecular formula is C21H18F3N5O3. The van der Waals surface area contributed by atoms with E-state index in [1.807, 2.05) is 0 Å². The minimum absolute atomic E-state index is 0.186. The fourth-order valence-corrected chi connectivity index (χ4v) is 3.79. The fraction of sp³-hybridized carbons (Fsp3) is 0.286. The van der Waals surface area contributed by atoms with E-state index in [-0.39, 0.29) is 18.5 Å². The van der Waals surface area contributed by atoms with Crippen molar-refractivity contribution in [1.82, 2.24) is 25.0 Å². The number of nitrogens with zero attached hydrogens (tertiary/aromatic N) is 4. The Labute approximate surface area is 179 Å². The van der Waals surface area contributed by atoms with E-state index in [1.165, 1.54) is 12.1 Å². The first-order chi connectivity index (χ1) is 15.4. The number of H-pyrrole nitrogens is 1. The molecule has 5 rings (SSSR count). The molecule has 2 N–H and O–H groups in total. The van der Waals surface area contributed by atoms with Gasteiger partial charge in [0.2, 0.25) is 11.7 Å². The van der Waals surface area contributed by atoms with Crippen molar-refractivity contribution >= 4 is 0 Å². The van der Waals surface area contributed by atoms with Crippen molar-refractivity contribution in [3.63, 3.8) is 0 Å². The van der Waals surface area contributed by atoms with Gasteiger partial charge in [-0.3, -0.25) is 4.90 Å². The molecule has 0 saturated heterocycles. The van der Waals surface area contributed by atoms with Crippen LogP contribution in [0.3, 0.4) is 0 Å². The Balaban J connectivity index is 1.42. The molecule has 0 amide bonds. The predicted octanol–water partition coefficient (Wildman–Crippen LogP) is 3.86. The maximum Gasteiger partial charge on any atom is 0.416 e. The molecule has 3 aromatic heterocycles. The second kappa shape index (κ2) is 7.92. The smallest absolute Gasteiger partial charge is 0.416 e. The topological polar surface area (TPSA) is 104 Å². The number of furan rings is 1. The van der Waals surface area contributed by atoms with Crippen LogP contribution < -0.4 is 0 Å². The van der Waals surface area contributed by atoms with Gasteiger partial charge < -0.3 is 19.0 Å². The number of imidazole rings is 1. The van der Waals surface area contributed by atoms with Crippen molar-refractivity contribution in [1.29, 1.82) is 0 Å². The number of benzene rings is 1. The van der Waals surface area contributed by atoms with Crippen LogP contribution in [-0.2, 0) is 32.3 Å². The Hall–Kier alpha value is -3.44. The highest BCUT2D eigenvalue weighted by molar-refractivity contribution is 5.55. The summed E-state index contributed by atoms with van der Waals surface area (Å²) in [6.07, 6.45) is -2.27. The van der Waals surface area contributed by atoms with Crippen LogP contribution >= 0.6 is 0 Å². The van der Waals surface area contributed by atoms with Crippen LogP contribution in [0.1, 0.15) is 40.4 Å². The highest BCUT2D eigenvalue weighted by atomic mass is 19.4. The van der Waals surface area contributed by atoms with E-state index >= 15 is 0 Å². The maximum atomic E-state index is 12.8. The van der Waals surface area contributed by atoms with Gasteiger partial charge >= 0.3 is 6.18 Å². The zero-order chi connectivity index (χ0) is 22.3. The van der Waals surface area contributed by atoms with Gasteiger partial charge in [0.15, 0.2) is 0 Å². The van der Waals surface area contributed by atoms with Crippen molar-refractivity contribution in [2.45, 2.75) is 38.3 Å².